The van der Waals surface area contributed by atoms with E-state index in [0.29, 0.717) is 35.7 Å². The third-order valence-corrected chi connectivity index (χ3v) is 6.26. The highest BCUT2D eigenvalue weighted by Crippen LogP contribution is 2.29. The number of nitrogens with one attached hydrogen (secondary N) is 2. The molecular weight excluding hydrogens is 452 g/mol. The van der Waals surface area contributed by atoms with Gasteiger partial charge in [-0.15, -0.1) is 0 Å². The highest BCUT2D eigenvalue weighted by molar-refractivity contribution is 5.95. The summed E-state index contributed by atoms with van der Waals surface area (Å²) in [6.07, 6.45) is 1.50. The first-order chi connectivity index (χ1) is 16.9. The van der Waals surface area contributed by atoms with Gasteiger partial charge in [0, 0.05) is 43.6 Å². The van der Waals surface area contributed by atoms with Crippen LogP contribution in [0, 0.1) is 0 Å². The molecule has 1 fully saturated rings. The van der Waals surface area contributed by atoms with Gasteiger partial charge in [0.05, 0.1) is 31.1 Å². The van der Waals surface area contributed by atoms with Crippen LogP contribution in [0.2, 0.25) is 0 Å². The van der Waals surface area contributed by atoms with Crippen LogP contribution < -0.4 is 15.5 Å². The van der Waals surface area contributed by atoms with Crippen LogP contribution in [0.4, 0.5) is 10.5 Å². The first-order valence-corrected chi connectivity index (χ1v) is 11.6. The minimum absolute atomic E-state index is 0.133. The summed E-state index contributed by atoms with van der Waals surface area (Å²) < 4.78 is 15.6. The lowest BCUT2D eigenvalue weighted by molar-refractivity contribution is -0.139. The standard InChI is InChI=1S/C25H30N4O6/c1-4-34-24(31)21-19(26-25(32)27-22(21)20-6-5-13-35-20)15-28-11-12-29(14-16(28)2)18-9-7-17(8-10-18)23(30)33-3/h5-10,13,16,22H,4,11-12,14-15H2,1-3H3,(H2,26,27,32). The van der Waals surface area contributed by atoms with Crippen molar-refractivity contribution in [3.8, 4) is 0 Å². The van der Waals surface area contributed by atoms with Crippen molar-refractivity contribution in [3.05, 3.63) is 65.3 Å². The van der Waals surface area contributed by atoms with Crippen molar-refractivity contribution >= 4 is 23.7 Å². The number of carbonyl (C=O) groups is 3. The number of furan rings is 1. The zero-order valence-electron chi connectivity index (χ0n) is 20.1. The summed E-state index contributed by atoms with van der Waals surface area (Å²) >= 11 is 0. The van der Waals surface area contributed by atoms with Crippen molar-refractivity contribution in [2.24, 2.45) is 0 Å². The lowest BCUT2D eigenvalue weighted by Gasteiger charge is -2.42. The average Bonchev–Trinajstić information content (AvgIpc) is 3.39. The fourth-order valence-electron chi connectivity index (χ4n) is 4.46. The van der Waals surface area contributed by atoms with Crippen LogP contribution in [0.25, 0.3) is 0 Å². The fraction of sp³-hybridized carbons (Fsp3) is 0.400. The molecule has 186 valence electrons. The zero-order chi connectivity index (χ0) is 24.9. The van der Waals surface area contributed by atoms with Crippen LogP contribution in [0.15, 0.2) is 58.3 Å². The number of nitrogens with zero attached hydrogens (tertiary/aromatic N) is 2. The zero-order valence-corrected chi connectivity index (χ0v) is 20.1. The number of ether oxygens (including phenoxy) is 2. The molecular formula is C25H30N4O6. The molecule has 1 saturated heterocycles. The Balaban J connectivity index is 1.52. The molecule has 0 bridgehead atoms. The lowest BCUT2D eigenvalue weighted by atomic mass is 9.99. The molecule has 0 aliphatic carbocycles. The van der Waals surface area contributed by atoms with E-state index in [1.54, 1.807) is 31.2 Å². The summed E-state index contributed by atoms with van der Waals surface area (Å²) in [6.45, 7) is 6.66. The molecule has 3 heterocycles. The van der Waals surface area contributed by atoms with Crippen molar-refractivity contribution in [2.75, 3.05) is 44.8 Å². The molecule has 2 aliphatic rings. The Hall–Kier alpha value is -3.79. The number of urea groups is 1. The number of hydrogen-bond acceptors (Lipinski definition) is 8. The van der Waals surface area contributed by atoms with E-state index >= 15 is 0 Å². The molecule has 2 aliphatic heterocycles. The van der Waals surface area contributed by atoms with Gasteiger partial charge in [0.1, 0.15) is 11.8 Å². The van der Waals surface area contributed by atoms with Gasteiger partial charge in [-0.2, -0.15) is 0 Å². The van der Waals surface area contributed by atoms with Crippen LogP contribution >= 0.6 is 0 Å². The summed E-state index contributed by atoms with van der Waals surface area (Å²) in [6, 6.07) is 9.79. The van der Waals surface area contributed by atoms with Gasteiger partial charge in [-0.05, 0) is 50.2 Å². The van der Waals surface area contributed by atoms with E-state index in [4.69, 9.17) is 13.9 Å². The molecule has 2 amide bonds. The van der Waals surface area contributed by atoms with Gasteiger partial charge in [0.2, 0.25) is 0 Å². The van der Waals surface area contributed by atoms with E-state index in [1.165, 1.54) is 13.4 Å². The number of carbonyl (C=O) groups excluding carboxylic acids is 3. The number of rotatable bonds is 7. The van der Waals surface area contributed by atoms with E-state index in [1.807, 2.05) is 12.1 Å². The van der Waals surface area contributed by atoms with Crippen molar-refractivity contribution < 1.29 is 28.3 Å². The molecule has 1 aromatic carbocycles. The molecule has 0 radical (unpaired) electrons. The van der Waals surface area contributed by atoms with E-state index < -0.39 is 18.0 Å². The molecule has 35 heavy (non-hydrogen) atoms. The number of esters is 2. The van der Waals surface area contributed by atoms with E-state index in [2.05, 4.69) is 27.4 Å². The summed E-state index contributed by atoms with van der Waals surface area (Å²) in [5, 5.41) is 5.59. The van der Waals surface area contributed by atoms with Crippen LogP contribution in [0.3, 0.4) is 0 Å². The molecule has 0 saturated carbocycles. The van der Waals surface area contributed by atoms with E-state index in [9.17, 15) is 14.4 Å². The third kappa shape index (κ3) is 5.32. The van der Waals surface area contributed by atoms with Crippen LogP contribution in [0.5, 0.6) is 0 Å². The molecule has 2 N–H and O–H groups in total. The molecule has 2 aromatic rings. The minimum atomic E-state index is -0.724. The van der Waals surface area contributed by atoms with Crippen molar-refractivity contribution in [3.63, 3.8) is 0 Å². The van der Waals surface area contributed by atoms with Gasteiger partial charge >= 0.3 is 18.0 Å². The molecule has 0 spiro atoms. The Morgan fingerprint density at radius 2 is 1.91 bits per heavy atom. The summed E-state index contributed by atoms with van der Waals surface area (Å²) in [7, 11) is 1.36. The highest BCUT2D eigenvalue weighted by Gasteiger charge is 2.37. The highest BCUT2D eigenvalue weighted by atomic mass is 16.5. The van der Waals surface area contributed by atoms with Crippen LogP contribution in [-0.2, 0) is 14.3 Å². The second-order valence-corrected chi connectivity index (χ2v) is 8.46. The van der Waals surface area contributed by atoms with E-state index in [-0.39, 0.29) is 18.6 Å². The topological polar surface area (TPSA) is 113 Å². The number of anilines is 1. The summed E-state index contributed by atoms with van der Waals surface area (Å²) in [5.74, 6) is -0.389. The Morgan fingerprint density at radius 3 is 2.54 bits per heavy atom. The van der Waals surface area contributed by atoms with Gasteiger partial charge in [-0.1, -0.05) is 0 Å². The van der Waals surface area contributed by atoms with Gasteiger partial charge in [0.25, 0.3) is 0 Å². The Morgan fingerprint density at radius 1 is 1.14 bits per heavy atom. The first kappa shape index (κ1) is 24.3. The normalized spacial score (nSPS) is 20.8. The second-order valence-electron chi connectivity index (χ2n) is 8.46. The molecule has 10 nitrogen and oxygen atoms in total. The summed E-state index contributed by atoms with van der Waals surface area (Å²) in [4.78, 5) is 41.5. The molecule has 2 unspecified atom stereocenters. The van der Waals surface area contributed by atoms with Crippen molar-refractivity contribution in [2.45, 2.75) is 25.9 Å². The third-order valence-electron chi connectivity index (χ3n) is 6.26. The lowest BCUT2D eigenvalue weighted by Crippen LogP contribution is -2.55. The second kappa shape index (κ2) is 10.6. The first-order valence-electron chi connectivity index (χ1n) is 11.6. The molecule has 1 aromatic heterocycles. The number of hydrogen-bond donors (Lipinski definition) is 2. The maximum absolute atomic E-state index is 12.9. The maximum atomic E-state index is 12.9. The Kier molecular flexibility index (Phi) is 7.40. The van der Waals surface area contributed by atoms with Gasteiger partial charge in [0.15, 0.2) is 0 Å². The predicted octanol–water partition coefficient (Wildman–Crippen LogP) is 2.45. The van der Waals surface area contributed by atoms with Gasteiger partial charge in [-0.25, -0.2) is 14.4 Å². The molecule has 4 rings (SSSR count). The molecule has 10 heteroatoms. The summed E-state index contributed by atoms with van der Waals surface area (Å²) in [5.41, 5.74) is 2.38. The minimum Gasteiger partial charge on any atom is -0.467 e. The predicted molar refractivity (Wildman–Crippen MR) is 128 cm³/mol. The van der Waals surface area contributed by atoms with Crippen molar-refractivity contribution in [1.82, 2.24) is 15.5 Å². The van der Waals surface area contributed by atoms with Gasteiger partial charge < -0.3 is 29.4 Å². The SMILES string of the molecule is CCOC(=O)C1=C(CN2CCN(c3ccc(C(=O)OC)cc3)CC2C)NC(=O)NC1c1ccco1. The fourth-order valence-corrected chi connectivity index (χ4v) is 4.46. The van der Waals surface area contributed by atoms with Crippen LogP contribution in [-0.4, -0.2) is 68.8 Å². The monoisotopic (exact) mass is 482 g/mol. The van der Waals surface area contributed by atoms with Gasteiger partial charge in [-0.3, -0.25) is 4.90 Å². The average molecular weight is 483 g/mol. The smallest absolute Gasteiger partial charge is 0.338 e. The maximum Gasteiger partial charge on any atom is 0.338 e. The van der Waals surface area contributed by atoms with E-state index in [0.717, 1.165) is 18.8 Å². The Labute approximate surface area is 203 Å². The number of methoxy groups -OCH3 is 1. The Bertz CT molecular complexity index is 1100. The largest absolute Gasteiger partial charge is 0.467 e. The van der Waals surface area contributed by atoms with Crippen LogP contribution in [0.1, 0.15) is 36.0 Å². The number of amides is 2. The molecule has 2 atom stereocenters. The number of benzene rings is 1. The van der Waals surface area contributed by atoms with Crippen molar-refractivity contribution in [1.29, 1.82) is 0 Å². The quantitative estimate of drug-likeness (QED) is 0.579. The number of piperazine rings is 1.